The summed E-state index contributed by atoms with van der Waals surface area (Å²) in [5.41, 5.74) is 8.69. The van der Waals surface area contributed by atoms with Gasteiger partial charge in [0.15, 0.2) is 0 Å². The minimum Gasteiger partial charge on any atom is -0.496 e. The Morgan fingerprint density at radius 2 is 2.12 bits per heavy atom. The standard InChI is InChI=1S/C24H25FN6O2/c1-33-20-4-2-3-19(25)22(20)23-18-14-31(24(32)17(18)7-8-28-23)21-6-5-15(13-29-21)30-10-9-27-12-16(30)11-26/h2-8,13,16,27H,9-12,14,26H2,1H3/t16-/m0/s1. The van der Waals surface area contributed by atoms with Crippen molar-refractivity contribution >= 4 is 17.4 Å². The Bertz CT molecular complexity index is 1190. The summed E-state index contributed by atoms with van der Waals surface area (Å²) < 4.78 is 20.1. The van der Waals surface area contributed by atoms with Gasteiger partial charge in [0, 0.05) is 43.5 Å². The molecule has 4 heterocycles. The van der Waals surface area contributed by atoms with Gasteiger partial charge >= 0.3 is 0 Å². The summed E-state index contributed by atoms with van der Waals surface area (Å²) >= 11 is 0. The second-order valence-corrected chi connectivity index (χ2v) is 8.06. The Morgan fingerprint density at radius 3 is 2.88 bits per heavy atom. The molecule has 0 aliphatic carbocycles. The number of fused-ring (bicyclic) bond motifs is 1. The van der Waals surface area contributed by atoms with Gasteiger partial charge < -0.3 is 20.7 Å². The zero-order chi connectivity index (χ0) is 22.9. The Hall–Kier alpha value is -3.56. The molecule has 2 aromatic heterocycles. The molecule has 1 atom stereocenters. The number of methoxy groups -OCH3 is 1. The van der Waals surface area contributed by atoms with Crippen molar-refractivity contribution in [1.82, 2.24) is 15.3 Å². The van der Waals surface area contributed by atoms with Crippen LogP contribution in [0.4, 0.5) is 15.9 Å². The van der Waals surface area contributed by atoms with Gasteiger partial charge in [-0.3, -0.25) is 14.7 Å². The molecule has 2 aliphatic rings. The molecule has 1 aromatic carbocycles. The zero-order valence-corrected chi connectivity index (χ0v) is 18.3. The predicted molar refractivity (Wildman–Crippen MR) is 124 cm³/mol. The van der Waals surface area contributed by atoms with E-state index in [1.807, 2.05) is 12.1 Å². The van der Waals surface area contributed by atoms with Crippen LogP contribution in [-0.4, -0.2) is 55.2 Å². The first-order valence-electron chi connectivity index (χ1n) is 10.9. The van der Waals surface area contributed by atoms with Gasteiger partial charge in [-0.05, 0) is 30.3 Å². The summed E-state index contributed by atoms with van der Waals surface area (Å²) in [5.74, 6) is 0.265. The highest BCUT2D eigenvalue weighted by atomic mass is 19.1. The number of carbonyl (C=O) groups is 1. The van der Waals surface area contributed by atoms with Crippen molar-refractivity contribution in [3.05, 3.63) is 65.7 Å². The predicted octanol–water partition coefficient (Wildman–Crippen LogP) is 2.19. The van der Waals surface area contributed by atoms with Crippen molar-refractivity contribution in [3.8, 4) is 17.0 Å². The third kappa shape index (κ3) is 3.69. The molecule has 0 radical (unpaired) electrons. The van der Waals surface area contributed by atoms with Gasteiger partial charge in [0.2, 0.25) is 0 Å². The Balaban J connectivity index is 1.46. The molecule has 0 spiro atoms. The number of nitrogens with zero attached hydrogens (tertiary/aromatic N) is 4. The average molecular weight is 449 g/mol. The number of piperazine rings is 1. The van der Waals surface area contributed by atoms with Crippen molar-refractivity contribution in [2.24, 2.45) is 5.73 Å². The van der Waals surface area contributed by atoms with Crippen molar-refractivity contribution in [3.63, 3.8) is 0 Å². The smallest absolute Gasteiger partial charge is 0.260 e. The van der Waals surface area contributed by atoms with Crippen molar-refractivity contribution in [2.75, 3.05) is 43.1 Å². The highest BCUT2D eigenvalue weighted by Gasteiger charge is 2.33. The quantitative estimate of drug-likeness (QED) is 0.618. The number of rotatable bonds is 5. The number of anilines is 2. The van der Waals surface area contributed by atoms with Crippen LogP contribution in [0, 0.1) is 5.82 Å². The number of hydrogen-bond acceptors (Lipinski definition) is 7. The SMILES string of the molecule is COc1cccc(F)c1-c1nccc2c1CN(c1ccc(N3CCNC[C@@H]3CN)cn1)C2=O. The minimum absolute atomic E-state index is 0.189. The van der Waals surface area contributed by atoms with Gasteiger partial charge in [0.05, 0.1) is 42.8 Å². The number of hydrogen-bond donors (Lipinski definition) is 2. The van der Waals surface area contributed by atoms with E-state index in [0.717, 1.165) is 25.3 Å². The van der Waals surface area contributed by atoms with Crippen LogP contribution in [0.1, 0.15) is 15.9 Å². The molecule has 8 nitrogen and oxygen atoms in total. The Kier molecular flexibility index (Phi) is 5.65. The molecule has 9 heteroatoms. The summed E-state index contributed by atoms with van der Waals surface area (Å²) in [6.07, 6.45) is 3.30. The Morgan fingerprint density at radius 1 is 1.24 bits per heavy atom. The molecule has 5 rings (SSSR count). The van der Waals surface area contributed by atoms with Gasteiger partial charge in [0.25, 0.3) is 5.91 Å². The fourth-order valence-electron chi connectivity index (χ4n) is 4.55. The van der Waals surface area contributed by atoms with Crippen LogP contribution in [0.2, 0.25) is 0 Å². The van der Waals surface area contributed by atoms with E-state index in [-0.39, 0.29) is 24.1 Å². The minimum atomic E-state index is -0.450. The van der Waals surface area contributed by atoms with E-state index >= 15 is 0 Å². The van der Waals surface area contributed by atoms with Crippen LogP contribution in [-0.2, 0) is 6.54 Å². The van der Waals surface area contributed by atoms with E-state index in [1.165, 1.54) is 19.4 Å². The van der Waals surface area contributed by atoms with Crippen molar-refractivity contribution < 1.29 is 13.9 Å². The molecular weight excluding hydrogens is 423 g/mol. The van der Waals surface area contributed by atoms with Crippen LogP contribution in [0.3, 0.4) is 0 Å². The third-order valence-corrected chi connectivity index (χ3v) is 6.24. The molecule has 0 bridgehead atoms. The van der Waals surface area contributed by atoms with Gasteiger partial charge in [-0.1, -0.05) is 6.07 Å². The van der Waals surface area contributed by atoms with E-state index < -0.39 is 5.82 Å². The molecular formula is C24H25FN6O2. The molecule has 3 N–H and O–H groups in total. The fourth-order valence-corrected chi connectivity index (χ4v) is 4.55. The summed E-state index contributed by atoms with van der Waals surface area (Å²) in [5, 5.41) is 3.35. The van der Waals surface area contributed by atoms with Crippen LogP contribution >= 0.6 is 0 Å². The van der Waals surface area contributed by atoms with E-state index in [2.05, 4.69) is 20.2 Å². The van der Waals surface area contributed by atoms with Crippen LogP contribution in [0.5, 0.6) is 5.75 Å². The molecule has 0 saturated carbocycles. The topological polar surface area (TPSA) is 96.6 Å². The number of benzene rings is 1. The van der Waals surface area contributed by atoms with E-state index in [4.69, 9.17) is 10.5 Å². The summed E-state index contributed by atoms with van der Waals surface area (Å²) in [4.78, 5) is 26.0. The second-order valence-electron chi connectivity index (χ2n) is 8.06. The van der Waals surface area contributed by atoms with Gasteiger partial charge in [-0.2, -0.15) is 0 Å². The number of nitrogens with one attached hydrogen (secondary N) is 1. The zero-order valence-electron chi connectivity index (χ0n) is 18.3. The lowest BCUT2D eigenvalue weighted by Crippen LogP contribution is -2.54. The summed E-state index contributed by atoms with van der Waals surface area (Å²) in [6, 6.07) is 10.3. The molecule has 170 valence electrons. The number of aromatic nitrogens is 2. The summed E-state index contributed by atoms with van der Waals surface area (Å²) in [7, 11) is 1.48. The van der Waals surface area contributed by atoms with Gasteiger partial charge in [-0.15, -0.1) is 0 Å². The maximum atomic E-state index is 14.7. The molecule has 2 aliphatic heterocycles. The lowest BCUT2D eigenvalue weighted by atomic mass is 10.0. The lowest BCUT2D eigenvalue weighted by Gasteiger charge is -2.37. The maximum absolute atomic E-state index is 14.7. The van der Waals surface area contributed by atoms with Gasteiger partial charge in [-0.25, -0.2) is 9.37 Å². The molecule has 0 unspecified atom stereocenters. The number of pyridine rings is 2. The largest absolute Gasteiger partial charge is 0.496 e. The first kappa shape index (κ1) is 21.3. The molecule has 3 aromatic rings. The van der Waals surface area contributed by atoms with Gasteiger partial charge in [0.1, 0.15) is 17.4 Å². The number of amides is 1. The average Bonchev–Trinajstić information content (AvgIpc) is 3.20. The molecule has 1 fully saturated rings. The molecule has 33 heavy (non-hydrogen) atoms. The lowest BCUT2D eigenvalue weighted by molar-refractivity contribution is 0.0996. The molecule has 1 saturated heterocycles. The first-order chi connectivity index (χ1) is 16.1. The van der Waals surface area contributed by atoms with Crippen LogP contribution in [0.15, 0.2) is 48.8 Å². The van der Waals surface area contributed by atoms with E-state index in [0.29, 0.717) is 34.9 Å². The highest BCUT2D eigenvalue weighted by Crippen LogP contribution is 2.38. The number of carbonyl (C=O) groups excluding carboxylic acids is 1. The van der Waals surface area contributed by atoms with Crippen molar-refractivity contribution in [1.29, 1.82) is 0 Å². The second kappa shape index (κ2) is 8.76. The monoisotopic (exact) mass is 448 g/mol. The van der Waals surface area contributed by atoms with Crippen LogP contribution < -0.4 is 25.6 Å². The maximum Gasteiger partial charge on any atom is 0.260 e. The third-order valence-electron chi connectivity index (χ3n) is 6.24. The molecule has 1 amide bonds. The number of halogens is 1. The first-order valence-corrected chi connectivity index (χ1v) is 10.9. The highest BCUT2D eigenvalue weighted by molar-refractivity contribution is 6.10. The van der Waals surface area contributed by atoms with Crippen LogP contribution in [0.25, 0.3) is 11.3 Å². The number of ether oxygens (including phenoxy) is 1. The Labute approximate surface area is 191 Å². The van der Waals surface area contributed by atoms with Crippen molar-refractivity contribution in [2.45, 2.75) is 12.6 Å². The number of nitrogens with two attached hydrogens (primary N) is 1. The summed E-state index contributed by atoms with van der Waals surface area (Å²) in [6.45, 7) is 3.35. The van der Waals surface area contributed by atoms with E-state index in [1.54, 1.807) is 29.3 Å². The normalized spacial score (nSPS) is 17.9. The fraction of sp³-hybridized carbons (Fsp3) is 0.292. The van der Waals surface area contributed by atoms with E-state index in [9.17, 15) is 9.18 Å².